The second kappa shape index (κ2) is 4.82. The number of hydroxylamine groups is 2. The molecule has 0 aliphatic carbocycles. The molecule has 84 valence electrons. The molecule has 5 nitrogen and oxygen atoms in total. The van der Waals surface area contributed by atoms with Crippen molar-refractivity contribution >= 4 is 11.9 Å². The van der Waals surface area contributed by atoms with E-state index in [4.69, 9.17) is 9.94 Å². The summed E-state index contributed by atoms with van der Waals surface area (Å²) in [7, 11) is 0. The summed E-state index contributed by atoms with van der Waals surface area (Å²) in [5, 5.41) is 9.65. The predicted molar refractivity (Wildman–Crippen MR) is 52.6 cm³/mol. The Kier molecular flexibility index (Phi) is 3.71. The maximum Gasteiger partial charge on any atom is 0.362 e. The van der Waals surface area contributed by atoms with Crippen LogP contribution in [-0.4, -0.2) is 28.6 Å². The van der Waals surface area contributed by atoms with Gasteiger partial charge in [-0.2, -0.15) is 5.06 Å². The van der Waals surface area contributed by atoms with E-state index in [1.54, 1.807) is 0 Å². The molecular formula is C10H15NO4. The van der Waals surface area contributed by atoms with Gasteiger partial charge in [-0.3, -0.25) is 4.79 Å². The number of nitrogens with zero attached hydrogens (tertiary/aromatic N) is 1. The molecule has 1 fully saturated rings. The lowest BCUT2D eigenvalue weighted by molar-refractivity contribution is -0.190. The minimum Gasteiger partial charge on any atom is -0.515 e. The molecule has 0 saturated carbocycles. The molecule has 0 aromatic heterocycles. The van der Waals surface area contributed by atoms with Crippen molar-refractivity contribution in [1.82, 2.24) is 5.06 Å². The van der Waals surface area contributed by atoms with Crippen LogP contribution in [0.4, 0.5) is 0 Å². The molecule has 0 bridgehead atoms. The van der Waals surface area contributed by atoms with Gasteiger partial charge in [-0.15, -0.1) is 0 Å². The molecule has 1 atom stereocenters. The monoisotopic (exact) mass is 213 g/mol. The van der Waals surface area contributed by atoms with E-state index in [1.165, 1.54) is 6.92 Å². The van der Waals surface area contributed by atoms with E-state index >= 15 is 0 Å². The van der Waals surface area contributed by atoms with Crippen molar-refractivity contribution in [1.29, 1.82) is 0 Å². The first kappa shape index (κ1) is 11.6. The van der Waals surface area contributed by atoms with Crippen LogP contribution in [0.1, 0.15) is 26.7 Å². The fourth-order valence-electron chi connectivity index (χ4n) is 1.40. The molecule has 0 aromatic rings. The number of rotatable bonds is 3. The smallest absolute Gasteiger partial charge is 0.362 e. The number of aliphatic hydroxyl groups is 1. The van der Waals surface area contributed by atoms with E-state index in [9.17, 15) is 9.59 Å². The van der Waals surface area contributed by atoms with Gasteiger partial charge in [-0.25, -0.2) is 4.79 Å². The van der Waals surface area contributed by atoms with Crippen LogP contribution in [0.2, 0.25) is 0 Å². The van der Waals surface area contributed by atoms with Gasteiger partial charge in [-0.1, -0.05) is 6.92 Å². The van der Waals surface area contributed by atoms with Crippen molar-refractivity contribution in [3.8, 4) is 0 Å². The molecule has 0 spiro atoms. The first-order valence-corrected chi connectivity index (χ1v) is 4.94. The van der Waals surface area contributed by atoms with E-state index in [1.807, 2.05) is 6.92 Å². The molecule has 1 saturated heterocycles. The van der Waals surface area contributed by atoms with Crippen LogP contribution in [-0.2, 0) is 14.4 Å². The fraction of sp³-hybridized carbons (Fsp3) is 0.600. The lowest BCUT2D eigenvalue weighted by Gasteiger charge is -2.15. The summed E-state index contributed by atoms with van der Waals surface area (Å²) in [5.41, 5.74) is 0.0720. The molecular weight excluding hydrogens is 198 g/mol. The Morgan fingerprint density at radius 2 is 2.40 bits per heavy atom. The van der Waals surface area contributed by atoms with Gasteiger partial charge in [0.15, 0.2) is 0 Å². The van der Waals surface area contributed by atoms with Crippen LogP contribution in [0.15, 0.2) is 11.8 Å². The maximum absolute atomic E-state index is 11.5. The van der Waals surface area contributed by atoms with Crippen LogP contribution in [0, 0.1) is 5.92 Å². The quantitative estimate of drug-likeness (QED) is 0.564. The van der Waals surface area contributed by atoms with Crippen molar-refractivity contribution in [3.05, 3.63) is 11.8 Å². The van der Waals surface area contributed by atoms with E-state index < -0.39 is 5.97 Å². The SMILES string of the molecule is CCC1CCN(OC(=O)/C(C)=C/O)C1=O. The fourth-order valence-corrected chi connectivity index (χ4v) is 1.40. The Morgan fingerprint density at radius 3 is 2.87 bits per heavy atom. The molecule has 1 amide bonds. The second-order valence-corrected chi connectivity index (χ2v) is 3.53. The zero-order valence-corrected chi connectivity index (χ0v) is 8.90. The number of carbonyl (C=O) groups is 2. The number of hydrogen-bond donors (Lipinski definition) is 1. The molecule has 1 heterocycles. The van der Waals surface area contributed by atoms with Gasteiger partial charge in [0, 0.05) is 5.92 Å². The predicted octanol–water partition coefficient (Wildman–Crippen LogP) is 1.16. The average Bonchev–Trinajstić information content (AvgIpc) is 2.58. The minimum absolute atomic E-state index is 0.0452. The summed E-state index contributed by atoms with van der Waals surface area (Å²) < 4.78 is 0. The van der Waals surface area contributed by atoms with Gasteiger partial charge in [0.25, 0.3) is 5.91 Å². The number of amides is 1. The van der Waals surface area contributed by atoms with Gasteiger partial charge in [0.2, 0.25) is 0 Å². The lowest BCUT2D eigenvalue weighted by Crippen LogP contribution is -2.30. The molecule has 0 radical (unpaired) electrons. The highest BCUT2D eigenvalue weighted by Crippen LogP contribution is 2.21. The Balaban J connectivity index is 2.54. The summed E-state index contributed by atoms with van der Waals surface area (Å²) >= 11 is 0. The molecule has 15 heavy (non-hydrogen) atoms. The Bertz CT molecular complexity index is 298. The molecule has 0 aromatic carbocycles. The third-order valence-electron chi connectivity index (χ3n) is 2.48. The van der Waals surface area contributed by atoms with E-state index in [0.717, 1.165) is 11.5 Å². The molecule has 5 heteroatoms. The second-order valence-electron chi connectivity index (χ2n) is 3.53. The largest absolute Gasteiger partial charge is 0.515 e. The number of aliphatic hydroxyl groups excluding tert-OH is 1. The minimum atomic E-state index is -0.692. The van der Waals surface area contributed by atoms with Gasteiger partial charge in [0.1, 0.15) is 0 Å². The third kappa shape index (κ3) is 2.49. The van der Waals surface area contributed by atoms with Gasteiger partial charge < -0.3 is 9.94 Å². The van der Waals surface area contributed by atoms with Gasteiger partial charge in [-0.05, 0) is 19.8 Å². The van der Waals surface area contributed by atoms with E-state index in [-0.39, 0.29) is 17.4 Å². The standard InChI is InChI=1S/C10H15NO4/c1-3-8-4-5-11(9(8)13)15-10(14)7(2)6-12/h6,8,12H,3-5H2,1-2H3/b7-6+. The topological polar surface area (TPSA) is 66.8 Å². The molecule has 1 aliphatic rings. The van der Waals surface area contributed by atoms with Crippen LogP contribution in [0.5, 0.6) is 0 Å². The number of hydrogen-bond acceptors (Lipinski definition) is 4. The van der Waals surface area contributed by atoms with Crippen molar-refractivity contribution in [3.63, 3.8) is 0 Å². The summed E-state index contributed by atoms with van der Waals surface area (Å²) in [5.74, 6) is -0.893. The summed E-state index contributed by atoms with van der Waals surface area (Å²) in [6.45, 7) is 3.77. The van der Waals surface area contributed by atoms with E-state index in [0.29, 0.717) is 19.2 Å². The summed E-state index contributed by atoms with van der Waals surface area (Å²) in [6.07, 6.45) is 2.13. The molecule has 1 unspecified atom stereocenters. The maximum atomic E-state index is 11.5. The number of carbonyl (C=O) groups excluding carboxylic acids is 2. The van der Waals surface area contributed by atoms with Crippen molar-refractivity contribution < 1.29 is 19.5 Å². The zero-order valence-electron chi connectivity index (χ0n) is 8.90. The highest BCUT2D eigenvalue weighted by Gasteiger charge is 2.33. The van der Waals surface area contributed by atoms with Crippen molar-refractivity contribution in [2.45, 2.75) is 26.7 Å². The summed E-state index contributed by atoms with van der Waals surface area (Å²) in [6, 6.07) is 0. The first-order valence-electron chi connectivity index (χ1n) is 4.94. The van der Waals surface area contributed by atoms with Crippen molar-refractivity contribution in [2.75, 3.05) is 6.54 Å². The van der Waals surface area contributed by atoms with Gasteiger partial charge >= 0.3 is 5.97 Å². The lowest BCUT2D eigenvalue weighted by atomic mass is 10.1. The van der Waals surface area contributed by atoms with E-state index in [2.05, 4.69) is 0 Å². The normalized spacial score (nSPS) is 22.0. The first-order chi connectivity index (χ1) is 7.10. The Labute approximate surface area is 88.3 Å². The van der Waals surface area contributed by atoms with Crippen LogP contribution in [0.3, 0.4) is 0 Å². The molecule has 1 aliphatic heterocycles. The zero-order chi connectivity index (χ0) is 11.4. The average molecular weight is 213 g/mol. The Hall–Kier alpha value is -1.52. The third-order valence-corrected chi connectivity index (χ3v) is 2.48. The van der Waals surface area contributed by atoms with Crippen molar-refractivity contribution in [2.24, 2.45) is 5.92 Å². The van der Waals surface area contributed by atoms with Crippen LogP contribution in [0.25, 0.3) is 0 Å². The van der Waals surface area contributed by atoms with Crippen LogP contribution >= 0.6 is 0 Å². The highest BCUT2D eigenvalue weighted by atomic mass is 16.7. The molecule has 1 rings (SSSR count). The van der Waals surface area contributed by atoms with Crippen LogP contribution < -0.4 is 0 Å². The summed E-state index contributed by atoms with van der Waals surface area (Å²) in [4.78, 5) is 27.6. The Morgan fingerprint density at radius 1 is 1.73 bits per heavy atom. The van der Waals surface area contributed by atoms with Gasteiger partial charge in [0.05, 0.1) is 18.4 Å². The molecule has 1 N–H and O–H groups in total. The highest BCUT2D eigenvalue weighted by molar-refractivity contribution is 5.89.